The lowest BCUT2D eigenvalue weighted by atomic mass is 10.1. The zero-order chi connectivity index (χ0) is 18.1. The molecule has 2 aromatic carbocycles. The SMILES string of the molecule is O=S(=O)(c1ccc(O)c2ncccc12)N1CCCC1Cc1ccccc1. The minimum absolute atomic E-state index is 0.0122. The summed E-state index contributed by atoms with van der Waals surface area (Å²) < 4.78 is 28.4. The number of phenols is 1. The third-order valence-electron chi connectivity index (χ3n) is 4.93. The number of hydrogen-bond acceptors (Lipinski definition) is 4. The first-order chi connectivity index (χ1) is 12.6. The lowest BCUT2D eigenvalue weighted by Crippen LogP contribution is -2.36. The number of benzene rings is 2. The molecule has 0 amide bonds. The van der Waals surface area contributed by atoms with Crippen LogP contribution in [0.25, 0.3) is 10.9 Å². The van der Waals surface area contributed by atoms with Crippen LogP contribution < -0.4 is 0 Å². The summed E-state index contributed by atoms with van der Waals surface area (Å²) in [5.41, 5.74) is 1.45. The Hall–Kier alpha value is -2.44. The van der Waals surface area contributed by atoms with E-state index < -0.39 is 10.0 Å². The number of rotatable bonds is 4. The summed E-state index contributed by atoms with van der Waals surface area (Å²) in [6.07, 6.45) is 3.95. The maximum absolute atomic E-state index is 13.4. The number of nitrogens with zero attached hydrogens (tertiary/aromatic N) is 2. The summed E-state index contributed by atoms with van der Waals surface area (Å²) in [6.45, 7) is 0.516. The molecule has 1 N–H and O–H groups in total. The Labute approximate surface area is 153 Å². The van der Waals surface area contributed by atoms with Gasteiger partial charge in [-0.1, -0.05) is 30.3 Å². The second-order valence-electron chi connectivity index (χ2n) is 6.58. The quantitative estimate of drug-likeness (QED) is 0.767. The molecule has 0 spiro atoms. The molecule has 1 fully saturated rings. The minimum Gasteiger partial charge on any atom is -0.506 e. The normalized spacial score (nSPS) is 18.4. The van der Waals surface area contributed by atoms with Crippen LogP contribution in [0.1, 0.15) is 18.4 Å². The van der Waals surface area contributed by atoms with Gasteiger partial charge in [0.25, 0.3) is 0 Å². The van der Waals surface area contributed by atoms with E-state index in [0.717, 1.165) is 18.4 Å². The van der Waals surface area contributed by atoms with Gasteiger partial charge >= 0.3 is 0 Å². The van der Waals surface area contributed by atoms with E-state index in [9.17, 15) is 13.5 Å². The Morgan fingerprint density at radius 1 is 1.08 bits per heavy atom. The third-order valence-corrected chi connectivity index (χ3v) is 6.94. The predicted molar refractivity (Wildman–Crippen MR) is 100 cm³/mol. The van der Waals surface area contributed by atoms with Crippen LogP contribution in [0, 0.1) is 0 Å². The molecule has 1 aromatic heterocycles. The van der Waals surface area contributed by atoms with Crippen molar-refractivity contribution < 1.29 is 13.5 Å². The number of sulfonamides is 1. The van der Waals surface area contributed by atoms with E-state index in [0.29, 0.717) is 23.9 Å². The third kappa shape index (κ3) is 2.95. The standard InChI is InChI=1S/C20H20N2O3S/c23-18-10-11-19(17-9-4-12-21-20(17)18)26(24,25)22-13-5-8-16(22)14-15-6-2-1-3-7-15/h1-4,6-7,9-12,16,23H,5,8,13-14H2. The van der Waals surface area contributed by atoms with Crippen molar-refractivity contribution in [3.05, 3.63) is 66.4 Å². The first-order valence-electron chi connectivity index (χ1n) is 8.70. The van der Waals surface area contributed by atoms with Crippen molar-refractivity contribution >= 4 is 20.9 Å². The molecule has 0 aliphatic carbocycles. The van der Waals surface area contributed by atoms with E-state index in [4.69, 9.17) is 0 Å². The van der Waals surface area contributed by atoms with E-state index in [2.05, 4.69) is 4.98 Å². The van der Waals surface area contributed by atoms with Gasteiger partial charge < -0.3 is 5.11 Å². The van der Waals surface area contributed by atoms with Gasteiger partial charge in [-0.3, -0.25) is 4.98 Å². The van der Waals surface area contributed by atoms with Crippen molar-refractivity contribution in [3.8, 4) is 5.75 Å². The zero-order valence-corrected chi connectivity index (χ0v) is 15.1. The molecule has 1 atom stereocenters. The van der Waals surface area contributed by atoms with Crippen LogP contribution in [-0.2, 0) is 16.4 Å². The van der Waals surface area contributed by atoms with Crippen LogP contribution in [0.4, 0.5) is 0 Å². The van der Waals surface area contributed by atoms with Crippen LogP contribution in [0.2, 0.25) is 0 Å². The average Bonchev–Trinajstić information content (AvgIpc) is 3.12. The van der Waals surface area contributed by atoms with Crippen LogP contribution in [0.15, 0.2) is 65.7 Å². The largest absolute Gasteiger partial charge is 0.506 e. The highest BCUT2D eigenvalue weighted by molar-refractivity contribution is 7.89. The molecular formula is C20H20N2O3S. The predicted octanol–water partition coefficient (Wildman–Crippen LogP) is 3.34. The van der Waals surface area contributed by atoms with Gasteiger partial charge in [0.1, 0.15) is 11.3 Å². The zero-order valence-electron chi connectivity index (χ0n) is 14.2. The van der Waals surface area contributed by atoms with E-state index in [1.54, 1.807) is 22.6 Å². The van der Waals surface area contributed by atoms with E-state index in [-0.39, 0.29) is 16.7 Å². The molecule has 1 unspecified atom stereocenters. The van der Waals surface area contributed by atoms with Gasteiger partial charge in [0.15, 0.2) is 0 Å². The Balaban J connectivity index is 1.73. The number of phenolic OH excluding ortho intramolecular Hbond substituents is 1. The van der Waals surface area contributed by atoms with Gasteiger partial charge in [0, 0.05) is 24.2 Å². The number of hydrogen-bond donors (Lipinski definition) is 1. The van der Waals surface area contributed by atoms with E-state index >= 15 is 0 Å². The molecule has 3 aromatic rings. The fourth-order valence-electron chi connectivity index (χ4n) is 3.70. The molecule has 0 bridgehead atoms. The molecular weight excluding hydrogens is 348 g/mol. The van der Waals surface area contributed by atoms with Gasteiger partial charge in [-0.05, 0) is 49.1 Å². The number of fused-ring (bicyclic) bond motifs is 1. The summed E-state index contributed by atoms with van der Waals surface area (Å²) in [6, 6.07) is 16.2. The fourth-order valence-corrected chi connectivity index (χ4v) is 5.58. The first kappa shape index (κ1) is 17.0. The molecule has 5 nitrogen and oxygen atoms in total. The van der Waals surface area contributed by atoms with Crippen LogP contribution in [0.3, 0.4) is 0 Å². The Morgan fingerprint density at radius 2 is 1.88 bits per heavy atom. The average molecular weight is 368 g/mol. The van der Waals surface area contributed by atoms with Crippen molar-refractivity contribution in [2.45, 2.75) is 30.2 Å². The van der Waals surface area contributed by atoms with Crippen LogP contribution in [-0.4, -0.2) is 35.4 Å². The van der Waals surface area contributed by atoms with Gasteiger partial charge in [-0.25, -0.2) is 8.42 Å². The molecule has 1 aliphatic heterocycles. The topological polar surface area (TPSA) is 70.5 Å². The molecule has 4 rings (SSSR count). The van der Waals surface area contributed by atoms with E-state index in [1.165, 1.54) is 12.1 Å². The Morgan fingerprint density at radius 3 is 2.69 bits per heavy atom. The monoisotopic (exact) mass is 368 g/mol. The molecule has 0 radical (unpaired) electrons. The van der Waals surface area contributed by atoms with Crippen molar-refractivity contribution in [1.82, 2.24) is 9.29 Å². The Kier molecular flexibility index (Phi) is 4.38. The number of aromatic hydroxyl groups is 1. The maximum atomic E-state index is 13.4. The van der Waals surface area contributed by atoms with Crippen LogP contribution in [0.5, 0.6) is 5.75 Å². The highest BCUT2D eigenvalue weighted by Crippen LogP contribution is 2.34. The molecule has 134 valence electrons. The van der Waals surface area contributed by atoms with Gasteiger partial charge in [-0.15, -0.1) is 0 Å². The summed E-state index contributed by atoms with van der Waals surface area (Å²) in [5, 5.41) is 10.5. The minimum atomic E-state index is -3.67. The highest BCUT2D eigenvalue weighted by Gasteiger charge is 2.36. The summed E-state index contributed by atoms with van der Waals surface area (Å²) in [5.74, 6) is -0.0122. The molecule has 6 heteroatoms. The van der Waals surface area contributed by atoms with E-state index in [1.807, 2.05) is 30.3 Å². The van der Waals surface area contributed by atoms with Gasteiger partial charge in [0.05, 0.1) is 4.90 Å². The van der Waals surface area contributed by atoms with Crippen molar-refractivity contribution in [1.29, 1.82) is 0 Å². The highest BCUT2D eigenvalue weighted by atomic mass is 32.2. The first-order valence-corrected chi connectivity index (χ1v) is 10.1. The van der Waals surface area contributed by atoms with Gasteiger partial charge in [0.2, 0.25) is 10.0 Å². The molecule has 1 aliphatic rings. The maximum Gasteiger partial charge on any atom is 0.244 e. The van der Waals surface area contributed by atoms with Crippen molar-refractivity contribution in [2.24, 2.45) is 0 Å². The molecule has 1 saturated heterocycles. The molecule has 26 heavy (non-hydrogen) atoms. The molecule has 2 heterocycles. The van der Waals surface area contributed by atoms with Crippen molar-refractivity contribution in [2.75, 3.05) is 6.54 Å². The Bertz CT molecular complexity index is 1040. The second-order valence-corrected chi connectivity index (χ2v) is 8.44. The lowest BCUT2D eigenvalue weighted by Gasteiger charge is -2.25. The summed E-state index contributed by atoms with van der Waals surface area (Å²) in [7, 11) is -3.67. The van der Waals surface area contributed by atoms with Crippen molar-refractivity contribution in [3.63, 3.8) is 0 Å². The fraction of sp³-hybridized carbons (Fsp3) is 0.250. The summed E-state index contributed by atoms with van der Waals surface area (Å²) >= 11 is 0. The number of aromatic nitrogens is 1. The molecule has 0 saturated carbocycles. The second kappa shape index (κ2) is 6.70. The summed E-state index contributed by atoms with van der Waals surface area (Å²) in [4.78, 5) is 4.34. The van der Waals surface area contributed by atoms with Crippen LogP contribution >= 0.6 is 0 Å². The van der Waals surface area contributed by atoms with Gasteiger partial charge in [-0.2, -0.15) is 4.31 Å². The smallest absolute Gasteiger partial charge is 0.244 e. The number of pyridine rings is 1. The lowest BCUT2D eigenvalue weighted by molar-refractivity contribution is 0.386.